The Bertz CT molecular complexity index is 1120. The molecule has 2 aromatic carbocycles. The molecule has 182 valence electrons. The number of ether oxygens (including phenoxy) is 1. The average Bonchev–Trinajstić information content (AvgIpc) is 3.14. The van der Waals surface area contributed by atoms with E-state index in [2.05, 4.69) is 61.0 Å². The molecule has 5 nitrogen and oxygen atoms in total. The number of nitrogens with one attached hydrogen (secondary N) is 1. The Morgan fingerprint density at radius 1 is 1.09 bits per heavy atom. The lowest BCUT2D eigenvalue weighted by molar-refractivity contribution is -0.121. The summed E-state index contributed by atoms with van der Waals surface area (Å²) in [6.07, 6.45) is 3.61. The quantitative estimate of drug-likeness (QED) is 0.387. The zero-order chi connectivity index (χ0) is 25.3. The van der Waals surface area contributed by atoms with Crippen LogP contribution in [-0.2, 0) is 4.79 Å². The van der Waals surface area contributed by atoms with Crippen molar-refractivity contribution in [1.29, 1.82) is 5.26 Å². The van der Waals surface area contributed by atoms with Gasteiger partial charge in [-0.1, -0.05) is 50.6 Å². The van der Waals surface area contributed by atoms with Gasteiger partial charge in [0.25, 0.3) is 0 Å². The van der Waals surface area contributed by atoms with Gasteiger partial charge >= 0.3 is 0 Å². The third-order valence-electron chi connectivity index (χ3n) is 5.88. The van der Waals surface area contributed by atoms with Crippen molar-refractivity contribution in [2.45, 2.75) is 79.3 Å². The molecule has 0 saturated heterocycles. The lowest BCUT2D eigenvalue weighted by Crippen LogP contribution is -2.29. The van der Waals surface area contributed by atoms with Gasteiger partial charge in [-0.25, -0.2) is 0 Å². The van der Waals surface area contributed by atoms with Crippen molar-refractivity contribution in [2.24, 2.45) is 0 Å². The smallest absolute Gasteiger partial charge is 0.220 e. The number of benzene rings is 2. The normalized spacial score (nSPS) is 10.7. The summed E-state index contributed by atoms with van der Waals surface area (Å²) in [5.41, 5.74) is 5.13. The topological polar surface area (TPSA) is 67.0 Å². The van der Waals surface area contributed by atoms with Crippen LogP contribution >= 0.6 is 0 Å². The first kappa shape index (κ1) is 27.0. The predicted octanol–water partition coefficient (Wildman–Crippen LogP) is 7.17. The number of hydrogen-bond acceptors (Lipinski definition) is 3. The summed E-state index contributed by atoms with van der Waals surface area (Å²) in [6.45, 7) is 12.4. The minimum absolute atomic E-state index is 0.160. The number of fused-ring (bicyclic) bond motifs is 1. The van der Waals surface area contributed by atoms with E-state index >= 15 is 0 Å². The second-order valence-electron chi connectivity index (χ2n) is 8.90. The monoisotopic (exact) mass is 461 g/mol. The van der Waals surface area contributed by atoms with Crippen LogP contribution in [0, 0.1) is 18.3 Å². The van der Waals surface area contributed by atoms with Gasteiger partial charge in [-0.05, 0) is 57.7 Å². The Morgan fingerprint density at radius 2 is 1.74 bits per heavy atom. The van der Waals surface area contributed by atoms with E-state index in [1.54, 1.807) is 7.11 Å². The summed E-state index contributed by atoms with van der Waals surface area (Å²) in [6, 6.07) is 17.5. The van der Waals surface area contributed by atoms with Gasteiger partial charge in [0.05, 0.1) is 23.9 Å². The summed E-state index contributed by atoms with van der Waals surface area (Å²) >= 11 is 0. The van der Waals surface area contributed by atoms with Crippen LogP contribution in [0.25, 0.3) is 22.2 Å². The number of aryl methyl sites for hydroxylation is 1. The molecule has 1 amide bonds. The van der Waals surface area contributed by atoms with Gasteiger partial charge in [0.1, 0.15) is 11.8 Å². The molecule has 0 radical (unpaired) electrons. The first-order chi connectivity index (χ1) is 16.3. The lowest BCUT2D eigenvalue weighted by Gasteiger charge is -2.21. The number of carbonyl (C=O) groups excluding carboxylic acids is 1. The number of carbonyl (C=O) groups is 1. The Balaban J connectivity index is 0.000000387. The fourth-order valence-electron chi connectivity index (χ4n) is 4.18. The molecule has 0 unspecified atom stereocenters. The first-order valence-corrected chi connectivity index (χ1v) is 12.3. The maximum Gasteiger partial charge on any atom is 0.220 e. The highest BCUT2D eigenvalue weighted by molar-refractivity contribution is 5.95. The third kappa shape index (κ3) is 6.41. The molecule has 0 fully saturated rings. The molecule has 3 aromatic rings. The van der Waals surface area contributed by atoms with Crippen LogP contribution in [0.4, 0.5) is 0 Å². The second-order valence-corrected chi connectivity index (χ2v) is 8.90. The van der Waals surface area contributed by atoms with Crippen LogP contribution in [0.5, 0.6) is 5.75 Å². The molecule has 0 aliphatic carbocycles. The van der Waals surface area contributed by atoms with Crippen molar-refractivity contribution in [1.82, 2.24) is 9.88 Å². The highest BCUT2D eigenvalue weighted by Crippen LogP contribution is 2.39. The third-order valence-corrected chi connectivity index (χ3v) is 5.88. The molecule has 0 aliphatic rings. The number of methoxy groups -OCH3 is 1. The van der Waals surface area contributed by atoms with E-state index in [-0.39, 0.29) is 11.9 Å². The Labute approximate surface area is 204 Å². The number of rotatable bonds is 8. The van der Waals surface area contributed by atoms with Crippen LogP contribution in [0.1, 0.15) is 77.5 Å². The molecule has 0 spiro atoms. The maximum atomic E-state index is 10.7. The summed E-state index contributed by atoms with van der Waals surface area (Å²) in [5, 5.41) is 13.7. The summed E-state index contributed by atoms with van der Waals surface area (Å²) < 4.78 is 7.77. The van der Waals surface area contributed by atoms with E-state index in [9.17, 15) is 10.1 Å². The van der Waals surface area contributed by atoms with E-state index in [0.717, 1.165) is 52.7 Å². The van der Waals surface area contributed by atoms with Gasteiger partial charge in [0.15, 0.2) is 0 Å². The fourth-order valence-corrected chi connectivity index (χ4v) is 4.18. The number of amides is 1. The van der Waals surface area contributed by atoms with Crippen LogP contribution in [0.2, 0.25) is 0 Å². The average molecular weight is 462 g/mol. The molecule has 5 heteroatoms. The van der Waals surface area contributed by atoms with Gasteiger partial charge in [0.2, 0.25) is 5.91 Å². The molecule has 0 aliphatic heterocycles. The molecular formula is C29H39N3O2. The van der Waals surface area contributed by atoms with Crippen molar-refractivity contribution >= 4 is 16.8 Å². The van der Waals surface area contributed by atoms with Gasteiger partial charge < -0.3 is 14.6 Å². The Hall–Kier alpha value is -3.26. The van der Waals surface area contributed by atoms with Crippen molar-refractivity contribution in [3.63, 3.8) is 0 Å². The standard InChI is InChI=1S/C22H24N2O.C7H15NO/c1-5-17(6-2)24-21-13-18(25-4)11-12-19(21)20(14-23)22(24)16-9-7-15(3)8-10-16;1-4-5-7(9)8-6(2)3/h7-13,17H,5-6H2,1-4H3;6H,4-5H2,1-3H3,(H,8,9). The zero-order valence-electron chi connectivity index (χ0n) is 21.7. The molecule has 1 heterocycles. The van der Waals surface area contributed by atoms with Crippen molar-refractivity contribution < 1.29 is 9.53 Å². The Kier molecular flexibility index (Phi) is 10.2. The first-order valence-electron chi connectivity index (χ1n) is 12.3. The van der Waals surface area contributed by atoms with Gasteiger partial charge in [0, 0.05) is 30.0 Å². The summed E-state index contributed by atoms with van der Waals surface area (Å²) in [7, 11) is 1.68. The Morgan fingerprint density at radius 3 is 2.24 bits per heavy atom. The minimum atomic E-state index is 0.160. The second kappa shape index (κ2) is 12.8. The van der Waals surface area contributed by atoms with E-state index < -0.39 is 0 Å². The highest BCUT2D eigenvalue weighted by atomic mass is 16.5. The number of aromatic nitrogens is 1. The molecule has 1 aromatic heterocycles. The van der Waals surface area contributed by atoms with Crippen molar-refractivity contribution in [2.75, 3.05) is 7.11 Å². The van der Waals surface area contributed by atoms with Crippen molar-refractivity contribution in [3.8, 4) is 23.1 Å². The molecule has 1 N–H and O–H groups in total. The van der Waals surface area contributed by atoms with Gasteiger partial charge in [-0.15, -0.1) is 0 Å². The van der Waals surface area contributed by atoms with Gasteiger partial charge in [-0.2, -0.15) is 5.26 Å². The van der Waals surface area contributed by atoms with E-state index in [0.29, 0.717) is 12.5 Å². The molecule has 0 saturated carbocycles. The largest absolute Gasteiger partial charge is 0.497 e. The van der Waals surface area contributed by atoms with Crippen LogP contribution in [0.15, 0.2) is 42.5 Å². The molecular weight excluding hydrogens is 422 g/mol. The summed E-state index contributed by atoms with van der Waals surface area (Å²) in [5.74, 6) is 0.977. The van der Waals surface area contributed by atoms with E-state index in [1.165, 1.54) is 5.56 Å². The predicted molar refractivity (Wildman–Crippen MR) is 141 cm³/mol. The molecule has 0 bridgehead atoms. The van der Waals surface area contributed by atoms with Gasteiger partial charge in [-0.3, -0.25) is 4.79 Å². The summed E-state index contributed by atoms with van der Waals surface area (Å²) in [4.78, 5) is 10.7. The van der Waals surface area contributed by atoms with E-state index in [1.807, 2.05) is 39.0 Å². The SMILES string of the molecule is CCC(CC)n1c(-c2ccc(C)cc2)c(C#N)c2ccc(OC)cc21.CCCC(=O)NC(C)C. The van der Waals surface area contributed by atoms with Crippen LogP contribution in [-0.4, -0.2) is 23.6 Å². The molecule has 3 rings (SSSR count). The lowest BCUT2D eigenvalue weighted by atomic mass is 10.0. The number of nitrogens with zero attached hydrogens (tertiary/aromatic N) is 2. The van der Waals surface area contributed by atoms with Crippen molar-refractivity contribution in [3.05, 3.63) is 53.6 Å². The highest BCUT2D eigenvalue weighted by Gasteiger charge is 2.22. The maximum absolute atomic E-state index is 10.7. The van der Waals surface area contributed by atoms with Crippen LogP contribution < -0.4 is 10.1 Å². The number of nitriles is 1. The molecule has 0 atom stereocenters. The number of hydrogen-bond donors (Lipinski definition) is 1. The van der Waals surface area contributed by atoms with Crippen LogP contribution in [0.3, 0.4) is 0 Å². The fraction of sp³-hybridized carbons (Fsp3) is 0.448. The minimum Gasteiger partial charge on any atom is -0.497 e. The molecule has 34 heavy (non-hydrogen) atoms. The zero-order valence-corrected chi connectivity index (χ0v) is 21.7. The van der Waals surface area contributed by atoms with E-state index in [4.69, 9.17) is 4.74 Å².